The maximum Gasteiger partial charge on any atom is 0.118 e. The topological polar surface area (TPSA) is 24.6 Å². The lowest BCUT2D eigenvalue weighted by Crippen LogP contribution is -2.27. The summed E-state index contributed by atoms with van der Waals surface area (Å²) in [5, 5.41) is 0.778. The van der Waals surface area contributed by atoms with E-state index in [-0.39, 0.29) is 0 Å². The van der Waals surface area contributed by atoms with Gasteiger partial charge in [0.15, 0.2) is 0 Å². The van der Waals surface area contributed by atoms with E-state index in [1.165, 1.54) is 48.9 Å². The van der Waals surface area contributed by atoms with Gasteiger partial charge in [0.1, 0.15) is 11.9 Å². The number of ether oxygens (including phenoxy) is 1. The lowest BCUT2D eigenvalue weighted by molar-refractivity contribution is 0.219. The van der Waals surface area contributed by atoms with Crippen molar-refractivity contribution in [2.45, 2.75) is 50.4 Å². The molecule has 1 aliphatic carbocycles. The average molecular weight is 381 g/mol. The van der Waals surface area contributed by atoms with Gasteiger partial charge in [-0.2, -0.15) is 0 Å². The van der Waals surface area contributed by atoms with E-state index in [9.17, 15) is 0 Å². The first-order chi connectivity index (χ1) is 13.3. The molecule has 0 radical (unpaired) electrons. The number of halogens is 1. The zero-order valence-electron chi connectivity index (χ0n) is 15.6. The monoisotopic (exact) mass is 380 g/mol. The smallest absolute Gasteiger partial charge is 0.118 e. The average Bonchev–Trinajstić information content (AvgIpc) is 3.33. The van der Waals surface area contributed by atoms with Crippen molar-refractivity contribution in [3.63, 3.8) is 0 Å². The van der Waals surface area contributed by atoms with Gasteiger partial charge in [0.05, 0.1) is 24.9 Å². The van der Waals surface area contributed by atoms with Crippen molar-refractivity contribution in [2.24, 2.45) is 10.9 Å². The summed E-state index contributed by atoms with van der Waals surface area (Å²) in [4.78, 5) is 7.85. The number of nitrogens with zero attached hydrogens (tertiary/aromatic N) is 2. The maximum atomic E-state index is 6.11. The Bertz CT molecular complexity index is 840. The van der Waals surface area contributed by atoms with Crippen molar-refractivity contribution < 1.29 is 4.74 Å². The van der Waals surface area contributed by atoms with Gasteiger partial charge in [0, 0.05) is 5.02 Å². The van der Waals surface area contributed by atoms with Gasteiger partial charge in [-0.05, 0) is 54.2 Å². The van der Waals surface area contributed by atoms with Crippen LogP contribution in [0.5, 0.6) is 5.75 Å². The predicted molar refractivity (Wildman–Crippen MR) is 110 cm³/mol. The molecule has 2 aromatic carbocycles. The van der Waals surface area contributed by atoms with Crippen LogP contribution in [0.15, 0.2) is 53.5 Å². The van der Waals surface area contributed by atoms with Crippen LogP contribution >= 0.6 is 11.6 Å². The molecule has 4 atom stereocenters. The van der Waals surface area contributed by atoms with Gasteiger partial charge >= 0.3 is 0 Å². The molecule has 140 valence electrons. The normalized spacial score (nSPS) is 29.9. The van der Waals surface area contributed by atoms with Gasteiger partial charge in [-0.3, -0.25) is 9.89 Å². The first kappa shape index (κ1) is 17.3. The summed E-state index contributed by atoms with van der Waals surface area (Å²) in [6.45, 7) is 0. The number of aliphatic imine (C=N–C) groups is 1. The van der Waals surface area contributed by atoms with Crippen molar-refractivity contribution in [3.05, 3.63) is 64.7 Å². The quantitative estimate of drug-likeness (QED) is 0.655. The Labute approximate surface area is 166 Å². The molecule has 5 rings (SSSR count). The van der Waals surface area contributed by atoms with Crippen LogP contribution in [0.1, 0.15) is 49.3 Å². The minimum atomic E-state index is 0.327. The number of hydrogen-bond donors (Lipinski definition) is 0. The molecule has 1 saturated carbocycles. The Morgan fingerprint density at radius 2 is 1.63 bits per heavy atom. The lowest BCUT2D eigenvalue weighted by Gasteiger charge is -2.28. The Hall–Kier alpha value is -1.84. The number of hydrogen-bond acceptors (Lipinski definition) is 3. The second-order valence-corrected chi connectivity index (χ2v) is 8.38. The molecular weight excluding hydrogens is 356 g/mol. The van der Waals surface area contributed by atoms with E-state index in [1.807, 2.05) is 12.1 Å². The van der Waals surface area contributed by atoms with E-state index in [0.29, 0.717) is 24.2 Å². The summed E-state index contributed by atoms with van der Waals surface area (Å²) in [7, 11) is 1.72. The third-order valence-electron chi connectivity index (χ3n) is 6.38. The summed E-state index contributed by atoms with van der Waals surface area (Å²) in [6, 6.07) is 17.6. The summed E-state index contributed by atoms with van der Waals surface area (Å²) < 4.78 is 5.33. The van der Waals surface area contributed by atoms with Gasteiger partial charge in [-0.15, -0.1) is 0 Å². The zero-order chi connectivity index (χ0) is 18.4. The van der Waals surface area contributed by atoms with Crippen LogP contribution in [-0.2, 0) is 0 Å². The van der Waals surface area contributed by atoms with Crippen LogP contribution in [0.3, 0.4) is 0 Å². The number of rotatable bonds is 4. The van der Waals surface area contributed by atoms with Crippen molar-refractivity contribution in [1.82, 2.24) is 4.90 Å². The van der Waals surface area contributed by atoms with Gasteiger partial charge in [-0.25, -0.2) is 0 Å². The molecule has 2 heterocycles. The molecular formula is C23H25ClN2O. The van der Waals surface area contributed by atoms with Crippen LogP contribution in [-0.4, -0.2) is 29.9 Å². The Balaban J connectivity index is 1.47. The van der Waals surface area contributed by atoms with Crippen molar-refractivity contribution in [2.75, 3.05) is 7.11 Å². The van der Waals surface area contributed by atoms with E-state index in [2.05, 4.69) is 41.3 Å². The molecule has 0 amide bonds. The second-order valence-electron chi connectivity index (χ2n) is 7.94. The Morgan fingerprint density at radius 1 is 0.926 bits per heavy atom. The van der Waals surface area contributed by atoms with Gasteiger partial charge in [-0.1, -0.05) is 55.1 Å². The molecule has 27 heavy (non-hydrogen) atoms. The fraction of sp³-hybridized carbons (Fsp3) is 0.435. The van der Waals surface area contributed by atoms with Gasteiger partial charge < -0.3 is 4.74 Å². The van der Waals surface area contributed by atoms with Gasteiger partial charge in [0.25, 0.3) is 0 Å². The van der Waals surface area contributed by atoms with Crippen LogP contribution in [0, 0.1) is 5.92 Å². The highest BCUT2D eigenvalue weighted by Gasteiger charge is 2.60. The molecule has 2 fully saturated rings. The van der Waals surface area contributed by atoms with E-state index < -0.39 is 0 Å². The molecule has 2 aromatic rings. The Kier molecular flexibility index (Phi) is 4.45. The lowest BCUT2D eigenvalue weighted by atomic mass is 9.87. The van der Waals surface area contributed by atoms with E-state index >= 15 is 0 Å². The fourth-order valence-electron chi connectivity index (χ4n) is 4.96. The minimum Gasteiger partial charge on any atom is -0.497 e. The molecule has 0 bridgehead atoms. The standard InChI is InChI=1S/C23H25ClN2O/c1-27-19-13-9-16(10-14-19)21-22-20(15-7-11-18(24)12-8-15)25-23(26(21)22)17-5-3-2-4-6-17/h7-14,17,21-23H,2-6H2,1H3/t21-,22-,23-,26?/m1/s1. The number of methoxy groups -OCH3 is 1. The SMILES string of the molecule is COc1ccc([C@@H]2[C@H]3C(c4ccc(Cl)cc4)=N[C@@H](C4CCCCC4)N32)cc1. The van der Waals surface area contributed by atoms with Gasteiger partial charge in [0.2, 0.25) is 0 Å². The third kappa shape index (κ3) is 3.07. The van der Waals surface area contributed by atoms with Crippen LogP contribution in [0.2, 0.25) is 5.02 Å². The molecule has 4 heteroatoms. The first-order valence-electron chi connectivity index (χ1n) is 10.0. The molecule has 1 unspecified atom stereocenters. The molecule has 2 aliphatic heterocycles. The van der Waals surface area contributed by atoms with Crippen LogP contribution < -0.4 is 4.74 Å². The Morgan fingerprint density at radius 3 is 2.30 bits per heavy atom. The van der Waals surface area contributed by atoms with E-state index in [1.54, 1.807) is 7.11 Å². The maximum absolute atomic E-state index is 6.11. The molecule has 0 aromatic heterocycles. The highest BCUT2D eigenvalue weighted by Crippen LogP contribution is 2.54. The highest BCUT2D eigenvalue weighted by atomic mass is 35.5. The van der Waals surface area contributed by atoms with Crippen LogP contribution in [0.25, 0.3) is 0 Å². The van der Waals surface area contributed by atoms with Crippen LogP contribution in [0.4, 0.5) is 0 Å². The molecule has 3 aliphatic rings. The molecule has 0 N–H and O–H groups in total. The molecule has 1 saturated heterocycles. The third-order valence-corrected chi connectivity index (χ3v) is 6.63. The summed E-state index contributed by atoms with van der Waals surface area (Å²) in [6.07, 6.45) is 7.01. The highest BCUT2D eigenvalue weighted by molar-refractivity contribution is 6.30. The zero-order valence-corrected chi connectivity index (χ0v) is 16.4. The number of benzene rings is 2. The van der Waals surface area contributed by atoms with E-state index in [4.69, 9.17) is 21.3 Å². The predicted octanol–water partition coefficient (Wildman–Crippen LogP) is 5.48. The molecule has 3 nitrogen and oxygen atoms in total. The summed E-state index contributed by atoms with van der Waals surface area (Å²) in [5.41, 5.74) is 3.81. The first-order valence-corrected chi connectivity index (χ1v) is 10.4. The van der Waals surface area contributed by atoms with Crippen molar-refractivity contribution in [1.29, 1.82) is 0 Å². The van der Waals surface area contributed by atoms with Crippen molar-refractivity contribution in [3.8, 4) is 5.75 Å². The number of fused-ring (bicyclic) bond motifs is 1. The second kappa shape index (κ2) is 6.96. The fourth-order valence-corrected chi connectivity index (χ4v) is 5.08. The van der Waals surface area contributed by atoms with Crippen molar-refractivity contribution >= 4 is 17.3 Å². The summed E-state index contributed by atoms with van der Waals surface area (Å²) >= 11 is 6.11. The van der Waals surface area contributed by atoms with E-state index in [0.717, 1.165) is 10.8 Å². The largest absolute Gasteiger partial charge is 0.497 e. The minimum absolute atomic E-state index is 0.327. The summed E-state index contributed by atoms with van der Waals surface area (Å²) in [5.74, 6) is 1.60. The molecule has 0 spiro atoms.